The summed E-state index contributed by atoms with van der Waals surface area (Å²) in [5.74, 6) is -0.937. The smallest absolute Gasteiger partial charge is 0.307 e. The van der Waals surface area contributed by atoms with Gasteiger partial charge < -0.3 is 10.1 Å². The van der Waals surface area contributed by atoms with Crippen molar-refractivity contribution in [2.45, 2.75) is 18.2 Å². The van der Waals surface area contributed by atoms with Gasteiger partial charge >= 0.3 is 5.97 Å². The van der Waals surface area contributed by atoms with Gasteiger partial charge in [-0.3, -0.25) is 9.59 Å². The Hall–Kier alpha value is -2.38. The van der Waals surface area contributed by atoms with Gasteiger partial charge in [0.25, 0.3) is 5.91 Å². The SMILES string of the molecule is COC(=O)CC(NC(=O)c1ccc(CS(C)(=O)=O)cc1)c1ccc(Cl)cc1. The van der Waals surface area contributed by atoms with Crippen molar-refractivity contribution in [3.63, 3.8) is 0 Å². The van der Waals surface area contributed by atoms with E-state index in [-0.39, 0.29) is 18.1 Å². The third-order valence-electron chi connectivity index (χ3n) is 3.82. The van der Waals surface area contributed by atoms with Gasteiger partial charge in [-0.1, -0.05) is 35.9 Å². The van der Waals surface area contributed by atoms with Crippen molar-refractivity contribution < 1.29 is 22.7 Å². The number of methoxy groups -OCH3 is 1. The fourth-order valence-corrected chi connectivity index (χ4v) is 3.42. The van der Waals surface area contributed by atoms with E-state index in [1.54, 1.807) is 48.5 Å². The predicted octanol–water partition coefficient (Wildman–Crippen LogP) is 2.92. The zero-order chi connectivity index (χ0) is 20.0. The second-order valence-corrected chi connectivity index (χ2v) is 8.70. The van der Waals surface area contributed by atoms with Gasteiger partial charge in [-0.05, 0) is 35.4 Å². The maximum absolute atomic E-state index is 12.6. The number of hydrogen-bond acceptors (Lipinski definition) is 5. The van der Waals surface area contributed by atoms with Gasteiger partial charge in [0.1, 0.15) is 0 Å². The summed E-state index contributed by atoms with van der Waals surface area (Å²) in [4.78, 5) is 24.3. The second kappa shape index (κ2) is 9.01. The molecule has 2 aromatic carbocycles. The first kappa shape index (κ1) is 20.9. The lowest BCUT2D eigenvalue weighted by Crippen LogP contribution is -2.30. The zero-order valence-corrected chi connectivity index (χ0v) is 16.5. The summed E-state index contributed by atoms with van der Waals surface area (Å²) in [6.45, 7) is 0. The van der Waals surface area contributed by atoms with Crippen molar-refractivity contribution in [2.24, 2.45) is 0 Å². The van der Waals surface area contributed by atoms with E-state index >= 15 is 0 Å². The monoisotopic (exact) mass is 409 g/mol. The summed E-state index contributed by atoms with van der Waals surface area (Å²) in [5.41, 5.74) is 1.67. The molecule has 0 aromatic heterocycles. The van der Waals surface area contributed by atoms with Gasteiger partial charge in [-0.25, -0.2) is 8.42 Å². The number of ether oxygens (including phenoxy) is 1. The lowest BCUT2D eigenvalue weighted by Gasteiger charge is -2.18. The van der Waals surface area contributed by atoms with Crippen LogP contribution in [0.15, 0.2) is 48.5 Å². The first-order chi connectivity index (χ1) is 12.7. The van der Waals surface area contributed by atoms with E-state index < -0.39 is 21.8 Å². The fraction of sp³-hybridized carbons (Fsp3) is 0.263. The van der Waals surface area contributed by atoms with Gasteiger partial charge in [0.15, 0.2) is 9.84 Å². The molecule has 0 fully saturated rings. The highest BCUT2D eigenvalue weighted by Gasteiger charge is 2.20. The van der Waals surface area contributed by atoms with Crippen molar-refractivity contribution in [2.75, 3.05) is 13.4 Å². The highest BCUT2D eigenvalue weighted by Crippen LogP contribution is 2.21. The van der Waals surface area contributed by atoms with Crippen LogP contribution < -0.4 is 5.32 Å². The van der Waals surface area contributed by atoms with Crippen LogP contribution in [0.5, 0.6) is 0 Å². The molecule has 0 radical (unpaired) electrons. The first-order valence-electron chi connectivity index (χ1n) is 8.08. The number of amides is 1. The van der Waals surface area contributed by atoms with Crippen molar-refractivity contribution in [1.82, 2.24) is 5.32 Å². The standard InChI is InChI=1S/C19H20ClNO5S/c1-26-18(22)11-17(14-7-9-16(20)10-8-14)21-19(23)15-5-3-13(4-6-15)12-27(2,24)25/h3-10,17H,11-12H2,1-2H3,(H,21,23). The molecular weight excluding hydrogens is 390 g/mol. The normalized spacial score (nSPS) is 12.3. The molecule has 0 saturated carbocycles. The quantitative estimate of drug-likeness (QED) is 0.710. The Balaban J connectivity index is 2.17. The van der Waals surface area contributed by atoms with Gasteiger partial charge in [-0.15, -0.1) is 0 Å². The predicted molar refractivity (Wildman–Crippen MR) is 103 cm³/mol. The third kappa shape index (κ3) is 6.69. The lowest BCUT2D eigenvalue weighted by molar-refractivity contribution is -0.141. The molecule has 1 unspecified atom stereocenters. The average molecular weight is 410 g/mol. The van der Waals surface area contributed by atoms with E-state index in [1.165, 1.54) is 7.11 Å². The van der Waals surface area contributed by atoms with Crippen LogP contribution in [0.25, 0.3) is 0 Å². The molecular formula is C19H20ClNO5S. The molecule has 8 heteroatoms. The average Bonchev–Trinajstić information content (AvgIpc) is 2.61. The Kier molecular flexibility index (Phi) is 6.98. The number of esters is 1. The highest BCUT2D eigenvalue weighted by atomic mass is 35.5. The molecule has 0 saturated heterocycles. The maximum Gasteiger partial charge on any atom is 0.307 e. The molecule has 0 aliphatic heterocycles. The molecule has 27 heavy (non-hydrogen) atoms. The Bertz CT molecular complexity index is 908. The lowest BCUT2D eigenvalue weighted by atomic mass is 10.0. The molecule has 2 rings (SSSR count). The van der Waals surface area contributed by atoms with Gasteiger partial charge in [0.2, 0.25) is 0 Å². The van der Waals surface area contributed by atoms with Crippen LogP contribution in [0.3, 0.4) is 0 Å². The number of halogens is 1. The number of nitrogens with one attached hydrogen (secondary N) is 1. The van der Waals surface area contributed by atoms with E-state index in [9.17, 15) is 18.0 Å². The Labute approximate surface area is 163 Å². The summed E-state index contributed by atoms with van der Waals surface area (Å²) in [7, 11) is -1.87. The van der Waals surface area contributed by atoms with E-state index in [0.717, 1.165) is 6.26 Å². The number of hydrogen-bond donors (Lipinski definition) is 1. The van der Waals surface area contributed by atoms with Crippen molar-refractivity contribution in [1.29, 1.82) is 0 Å². The number of carbonyl (C=O) groups is 2. The summed E-state index contributed by atoms with van der Waals surface area (Å²) >= 11 is 5.89. The Morgan fingerprint density at radius 3 is 2.19 bits per heavy atom. The Morgan fingerprint density at radius 1 is 1.07 bits per heavy atom. The molecule has 1 amide bonds. The summed E-state index contributed by atoms with van der Waals surface area (Å²) in [5, 5.41) is 3.35. The minimum atomic E-state index is -3.15. The van der Waals surface area contributed by atoms with Gasteiger partial charge in [0.05, 0.1) is 25.3 Å². The summed E-state index contributed by atoms with van der Waals surface area (Å²) in [6, 6.07) is 12.5. The Morgan fingerprint density at radius 2 is 1.67 bits per heavy atom. The van der Waals surface area contributed by atoms with Crippen LogP contribution in [-0.4, -0.2) is 33.7 Å². The number of sulfone groups is 1. The second-order valence-electron chi connectivity index (χ2n) is 6.12. The van der Waals surface area contributed by atoms with E-state index in [2.05, 4.69) is 5.32 Å². The maximum atomic E-state index is 12.6. The first-order valence-corrected chi connectivity index (χ1v) is 10.5. The summed E-state index contributed by atoms with van der Waals surface area (Å²) < 4.78 is 27.4. The molecule has 6 nitrogen and oxygen atoms in total. The zero-order valence-electron chi connectivity index (χ0n) is 14.9. The third-order valence-corrected chi connectivity index (χ3v) is 4.93. The molecule has 1 atom stereocenters. The van der Waals surface area contributed by atoms with Crippen LogP contribution in [0.4, 0.5) is 0 Å². The van der Waals surface area contributed by atoms with Crippen molar-refractivity contribution >= 4 is 33.3 Å². The van der Waals surface area contributed by atoms with Crippen LogP contribution >= 0.6 is 11.6 Å². The minimum absolute atomic E-state index is 0.0317. The molecule has 0 bridgehead atoms. The van der Waals surface area contributed by atoms with E-state index in [1.807, 2.05) is 0 Å². The van der Waals surface area contributed by atoms with Crippen LogP contribution in [0.2, 0.25) is 5.02 Å². The molecule has 0 aliphatic carbocycles. The molecule has 0 aliphatic rings. The molecule has 2 aromatic rings. The summed E-state index contributed by atoms with van der Waals surface area (Å²) in [6.07, 6.45) is 1.12. The topological polar surface area (TPSA) is 89.5 Å². The van der Waals surface area contributed by atoms with Crippen molar-refractivity contribution in [3.05, 3.63) is 70.2 Å². The van der Waals surface area contributed by atoms with E-state index in [4.69, 9.17) is 16.3 Å². The molecule has 144 valence electrons. The van der Waals surface area contributed by atoms with Crippen LogP contribution in [-0.2, 0) is 25.1 Å². The van der Waals surface area contributed by atoms with Gasteiger partial charge in [-0.2, -0.15) is 0 Å². The van der Waals surface area contributed by atoms with Crippen molar-refractivity contribution in [3.8, 4) is 0 Å². The van der Waals surface area contributed by atoms with Crippen LogP contribution in [0, 0.1) is 0 Å². The molecule has 1 N–H and O–H groups in total. The minimum Gasteiger partial charge on any atom is -0.469 e. The van der Waals surface area contributed by atoms with E-state index in [0.29, 0.717) is 21.7 Å². The highest BCUT2D eigenvalue weighted by molar-refractivity contribution is 7.89. The molecule has 0 heterocycles. The number of benzene rings is 2. The van der Waals surface area contributed by atoms with Crippen LogP contribution in [0.1, 0.15) is 33.9 Å². The number of rotatable bonds is 7. The largest absolute Gasteiger partial charge is 0.469 e. The fourth-order valence-electron chi connectivity index (χ4n) is 2.49. The number of carbonyl (C=O) groups excluding carboxylic acids is 2. The molecule has 0 spiro atoms. The van der Waals surface area contributed by atoms with Gasteiger partial charge in [0, 0.05) is 16.8 Å².